The highest BCUT2D eigenvalue weighted by Crippen LogP contribution is 2.48. The normalized spacial score (nSPS) is 14.6. The average Bonchev–Trinajstić information content (AvgIpc) is 3.26. The van der Waals surface area contributed by atoms with Crippen LogP contribution in [0.4, 0.5) is 0 Å². The molecular formula is C50H44O6. The van der Waals surface area contributed by atoms with Crippen molar-refractivity contribution in [2.24, 2.45) is 0 Å². The van der Waals surface area contributed by atoms with Gasteiger partial charge in [-0.15, -0.1) is 0 Å². The van der Waals surface area contributed by atoms with Gasteiger partial charge >= 0.3 is 0 Å². The summed E-state index contributed by atoms with van der Waals surface area (Å²) in [4.78, 5) is 0. The first-order valence-electron chi connectivity index (χ1n) is 19.0. The maximum atomic E-state index is 11.9. The van der Waals surface area contributed by atoms with Crippen LogP contribution in [0.15, 0.2) is 176 Å². The summed E-state index contributed by atoms with van der Waals surface area (Å²) in [6.45, 7) is 1.47. The molecule has 0 unspecified atom stereocenters. The first kappa shape index (κ1) is 36.5. The van der Waals surface area contributed by atoms with E-state index in [1.165, 1.54) is 0 Å². The third kappa shape index (κ3) is 9.06. The maximum absolute atomic E-state index is 11.9. The van der Waals surface area contributed by atoms with Crippen molar-refractivity contribution in [2.75, 3.05) is 0 Å². The molecule has 1 aliphatic heterocycles. The number of ether oxygens (including phenoxy) is 5. The average molecular weight is 741 g/mol. The second-order valence-corrected chi connectivity index (χ2v) is 13.9. The van der Waals surface area contributed by atoms with Gasteiger partial charge in [-0.3, -0.25) is 0 Å². The zero-order valence-electron chi connectivity index (χ0n) is 31.1. The highest BCUT2D eigenvalue weighted by Gasteiger charge is 2.36. The largest absolute Gasteiger partial charge is 0.488 e. The molecule has 56 heavy (non-hydrogen) atoms. The fourth-order valence-electron chi connectivity index (χ4n) is 6.95. The minimum atomic E-state index is -0.875. The van der Waals surface area contributed by atoms with Gasteiger partial charge in [-0.1, -0.05) is 158 Å². The van der Waals surface area contributed by atoms with Crippen LogP contribution in [0.3, 0.4) is 0 Å². The van der Waals surface area contributed by atoms with Gasteiger partial charge in [0, 0.05) is 30.0 Å². The molecule has 7 aromatic rings. The molecule has 7 aromatic carbocycles. The SMILES string of the molecule is O[C@@H]1Cc2c(OCc3ccccc3)cc(OCc3ccccc3)c(Cc3ccccc3)c2O[C@H]1c1ccc(OCc2ccccc2)c(OCc2ccccc2)c1. The Balaban J connectivity index is 1.17. The molecule has 0 saturated heterocycles. The van der Waals surface area contributed by atoms with Crippen LogP contribution in [0, 0.1) is 0 Å². The quantitative estimate of drug-likeness (QED) is 0.113. The molecule has 0 saturated carbocycles. The number of fused-ring (bicyclic) bond motifs is 1. The Morgan fingerprint density at radius 1 is 0.446 bits per heavy atom. The van der Waals surface area contributed by atoms with Crippen molar-refractivity contribution in [3.8, 4) is 28.7 Å². The number of aliphatic hydroxyl groups is 1. The monoisotopic (exact) mass is 740 g/mol. The molecule has 1 heterocycles. The second-order valence-electron chi connectivity index (χ2n) is 13.9. The number of benzene rings is 7. The van der Waals surface area contributed by atoms with E-state index in [4.69, 9.17) is 23.7 Å². The summed E-state index contributed by atoms with van der Waals surface area (Å²) in [5.74, 6) is 3.13. The van der Waals surface area contributed by atoms with E-state index in [1.807, 2.05) is 152 Å². The van der Waals surface area contributed by atoms with Crippen molar-refractivity contribution in [3.05, 3.63) is 220 Å². The molecule has 6 nitrogen and oxygen atoms in total. The van der Waals surface area contributed by atoms with Gasteiger partial charge in [0.1, 0.15) is 49.8 Å². The van der Waals surface area contributed by atoms with Crippen LogP contribution in [-0.2, 0) is 39.3 Å². The molecule has 0 aromatic heterocycles. The molecule has 1 aliphatic rings. The first-order valence-corrected chi connectivity index (χ1v) is 19.0. The smallest absolute Gasteiger partial charge is 0.162 e. The van der Waals surface area contributed by atoms with Gasteiger partial charge in [0.05, 0.1) is 6.10 Å². The number of rotatable bonds is 15. The van der Waals surface area contributed by atoms with Crippen molar-refractivity contribution < 1.29 is 28.8 Å². The van der Waals surface area contributed by atoms with Gasteiger partial charge < -0.3 is 28.8 Å². The topological polar surface area (TPSA) is 66.4 Å². The van der Waals surface area contributed by atoms with E-state index in [9.17, 15) is 5.11 Å². The molecule has 8 rings (SSSR count). The number of hydrogen-bond acceptors (Lipinski definition) is 6. The van der Waals surface area contributed by atoms with E-state index in [2.05, 4.69) is 24.3 Å². The summed E-state index contributed by atoms with van der Waals surface area (Å²) in [5, 5.41) is 11.9. The van der Waals surface area contributed by atoms with Crippen LogP contribution in [0.1, 0.15) is 50.6 Å². The number of hydrogen-bond donors (Lipinski definition) is 1. The predicted octanol–water partition coefficient (Wildman–Crippen LogP) is 10.6. The van der Waals surface area contributed by atoms with Crippen molar-refractivity contribution >= 4 is 0 Å². The highest BCUT2D eigenvalue weighted by molar-refractivity contribution is 5.60. The minimum Gasteiger partial charge on any atom is -0.488 e. The number of aliphatic hydroxyl groups excluding tert-OH is 1. The van der Waals surface area contributed by atoms with Gasteiger partial charge in [-0.2, -0.15) is 0 Å². The molecule has 280 valence electrons. The lowest BCUT2D eigenvalue weighted by Gasteiger charge is -2.34. The summed E-state index contributed by atoms with van der Waals surface area (Å²) < 4.78 is 32.9. The molecule has 1 N–H and O–H groups in total. The maximum Gasteiger partial charge on any atom is 0.162 e. The lowest BCUT2D eigenvalue weighted by molar-refractivity contribution is 0.0185. The first-order chi connectivity index (χ1) is 27.7. The van der Waals surface area contributed by atoms with Crippen LogP contribution in [0.5, 0.6) is 28.7 Å². The molecular weight excluding hydrogens is 697 g/mol. The van der Waals surface area contributed by atoms with Crippen LogP contribution in [-0.4, -0.2) is 11.2 Å². The summed E-state index contributed by atoms with van der Waals surface area (Å²) >= 11 is 0. The van der Waals surface area contributed by atoms with E-state index >= 15 is 0 Å². The summed E-state index contributed by atoms with van der Waals surface area (Å²) in [6.07, 6.45) is -0.699. The molecule has 6 heteroatoms. The molecule has 0 radical (unpaired) electrons. The Hall–Kier alpha value is -6.50. The molecule has 0 amide bonds. The Kier molecular flexibility index (Phi) is 11.6. The van der Waals surface area contributed by atoms with Crippen LogP contribution < -0.4 is 23.7 Å². The lowest BCUT2D eigenvalue weighted by atomic mass is 9.90. The van der Waals surface area contributed by atoms with Crippen LogP contribution in [0.25, 0.3) is 0 Å². The van der Waals surface area contributed by atoms with Crippen molar-refractivity contribution in [1.29, 1.82) is 0 Å². The van der Waals surface area contributed by atoms with Gasteiger partial charge in [0.15, 0.2) is 11.5 Å². The Morgan fingerprint density at radius 3 is 1.38 bits per heavy atom. The van der Waals surface area contributed by atoms with Crippen LogP contribution >= 0.6 is 0 Å². The predicted molar refractivity (Wildman–Crippen MR) is 218 cm³/mol. The summed E-state index contributed by atoms with van der Waals surface area (Å²) in [5.41, 5.74) is 7.76. The second kappa shape index (κ2) is 17.8. The van der Waals surface area contributed by atoms with E-state index in [0.717, 1.165) is 44.5 Å². The third-order valence-electron chi connectivity index (χ3n) is 9.88. The molecule has 0 aliphatic carbocycles. The van der Waals surface area contributed by atoms with Crippen LogP contribution in [0.2, 0.25) is 0 Å². The van der Waals surface area contributed by atoms with Gasteiger partial charge in [0.2, 0.25) is 0 Å². The minimum absolute atomic E-state index is 0.317. The van der Waals surface area contributed by atoms with Gasteiger partial charge in [-0.05, 0) is 45.5 Å². The molecule has 0 spiro atoms. The van der Waals surface area contributed by atoms with Crippen molar-refractivity contribution in [1.82, 2.24) is 0 Å². The van der Waals surface area contributed by atoms with E-state index in [1.54, 1.807) is 0 Å². The third-order valence-corrected chi connectivity index (χ3v) is 9.88. The summed E-state index contributed by atoms with van der Waals surface area (Å²) in [7, 11) is 0. The highest BCUT2D eigenvalue weighted by atomic mass is 16.5. The zero-order chi connectivity index (χ0) is 37.9. The molecule has 0 fully saturated rings. The van der Waals surface area contributed by atoms with Gasteiger partial charge in [0.25, 0.3) is 0 Å². The van der Waals surface area contributed by atoms with E-state index in [-0.39, 0.29) is 0 Å². The van der Waals surface area contributed by atoms with Crippen molar-refractivity contribution in [3.63, 3.8) is 0 Å². The Bertz CT molecular complexity index is 2300. The Morgan fingerprint density at radius 2 is 0.875 bits per heavy atom. The fourth-order valence-corrected chi connectivity index (χ4v) is 6.95. The van der Waals surface area contributed by atoms with E-state index in [0.29, 0.717) is 68.0 Å². The zero-order valence-corrected chi connectivity index (χ0v) is 31.1. The summed E-state index contributed by atoms with van der Waals surface area (Å²) in [6, 6.07) is 58.3. The lowest BCUT2D eigenvalue weighted by Crippen LogP contribution is -2.31. The van der Waals surface area contributed by atoms with E-state index < -0.39 is 12.2 Å². The fraction of sp³-hybridized carbons (Fsp3) is 0.160. The standard InChI is InChI=1S/C50H44O6/c51-44-30-43-47(54-34-39-22-12-4-13-23-39)31-46(53-33-38-20-10-3-11-21-38)42(28-36-16-6-1-7-17-36)50(43)56-49(44)41-26-27-45(52-32-37-18-8-2-9-19-37)48(29-41)55-35-40-24-14-5-15-25-40/h1-27,29,31,44,49,51H,28,30,32-35H2/t44-,49+/m1/s1. The van der Waals surface area contributed by atoms with Gasteiger partial charge in [-0.25, -0.2) is 0 Å². The molecule has 2 atom stereocenters. The Labute approximate surface area is 328 Å². The molecule has 0 bridgehead atoms. The van der Waals surface area contributed by atoms with Crippen molar-refractivity contribution in [2.45, 2.75) is 51.5 Å².